The molecule has 0 spiro atoms. The largest absolute Gasteiger partial charge is 0.378 e. The number of anilines is 3. The normalized spacial score (nSPS) is 14.3. The summed E-state index contributed by atoms with van der Waals surface area (Å²) in [5.41, 5.74) is 0.568. The lowest BCUT2D eigenvalue weighted by molar-refractivity contribution is 0.102. The topological polar surface area (TPSA) is 83.5 Å². The SMILES string of the molecule is CN(C)c1nc(N2CCOCC2)ncc1NC(=O)c1cncc(F)c1. The van der Waals surface area contributed by atoms with E-state index in [1.54, 1.807) is 11.1 Å². The highest BCUT2D eigenvalue weighted by Gasteiger charge is 2.18. The molecule has 25 heavy (non-hydrogen) atoms. The molecule has 0 aromatic carbocycles. The van der Waals surface area contributed by atoms with Gasteiger partial charge < -0.3 is 19.9 Å². The van der Waals surface area contributed by atoms with Crippen LogP contribution in [0.3, 0.4) is 0 Å². The lowest BCUT2D eigenvalue weighted by atomic mass is 10.2. The summed E-state index contributed by atoms with van der Waals surface area (Å²) in [7, 11) is 3.65. The van der Waals surface area contributed by atoms with Crippen molar-refractivity contribution in [1.82, 2.24) is 15.0 Å². The molecule has 2 aromatic rings. The molecule has 0 radical (unpaired) electrons. The number of aromatic nitrogens is 3. The van der Waals surface area contributed by atoms with Crippen LogP contribution in [0, 0.1) is 5.82 Å². The summed E-state index contributed by atoms with van der Waals surface area (Å²) in [6.45, 7) is 2.69. The molecular weight excluding hydrogens is 327 g/mol. The Bertz CT molecular complexity index is 764. The lowest BCUT2D eigenvalue weighted by Crippen LogP contribution is -2.37. The Morgan fingerprint density at radius 2 is 2.04 bits per heavy atom. The van der Waals surface area contributed by atoms with Crippen molar-refractivity contribution < 1.29 is 13.9 Å². The smallest absolute Gasteiger partial charge is 0.257 e. The molecule has 8 nitrogen and oxygen atoms in total. The fourth-order valence-corrected chi connectivity index (χ4v) is 2.44. The van der Waals surface area contributed by atoms with Gasteiger partial charge in [0.1, 0.15) is 11.5 Å². The Labute approximate surface area is 144 Å². The molecule has 3 rings (SSSR count). The molecule has 0 atom stereocenters. The number of nitrogens with zero attached hydrogens (tertiary/aromatic N) is 5. The fraction of sp³-hybridized carbons (Fsp3) is 0.375. The molecule has 132 valence electrons. The van der Waals surface area contributed by atoms with Crippen LogP contribution in [-0.4, -0.2) is 61.3 Å². The molecule has 0 aliphatic carbocycles. The van der Waals surface area contributed by atoms with Gasteiger partial charge in [-0.3, -0.25) is 9.78 Å². The highest BCUT2D eigenvalue weighted by molar-refractivity contribution is 6.05. The molecule has 9 heteroatoms. The van der Waals surface area contributed by atoms with Gasteiger partial charge in [-0.15, -0.1) is 0 Å². The predicted octanol–water partition coefficient (Wildman–Crippen LogP) is 1.17. The summed E-state index contributed by atoms with van der Waals surface area (Å²) >= 11 is 0. The minimum atomic E-state index is -0.570. The quantitative estimate of drug-likeness (QED) is 0.889. The molecule has 0 unspecified atom stereocenters. The number of carbonyl (C=O) groups is 1. The number of carbonyl (C=O) groups excluding carboxylic acids is 1. The van der Waals surface area contributed by atoms with Gasteiger partial charge in [-0.1, -0.05) is 0 Å². The molecule has 1 aliphatic rings. The second-order valence-corrected chi connectivity index (χ2v) is 5.75. The maximum atomic E-state index is 13.2. The van der Waals surface area contributed by atoms with Crippen molar-refractivity contribution in [2.75, 3.05) is 55.5 Å². The van der Waals surface area contributed by atoms with E-state index in [2.05, 4.69) is 20.3 Å². The third-order valence-electron chi connectivity index (χ3n) is 3.69. The summed E-state index contributed by atoms with van der Waals surface area (Å²) < 4.78 is 18.6. The molecule has 1 amide bonds. The molecule has 2 aromatic heterocycles. The Morgan fingerprint density at radius 1 is 1.28 bits per heavy atom. The number of rotatable bonds is 4. The summed E-state index contributed by atoms with van der Waals surface area (Å²) in [5.74, 6) is 0.101. The van der Waals surface area contributed by atoms with Crippen molar-refractivity contribution in [2.24, 2.45) is 0 Å². The van der Waals surface area contributed by atoms with Crippen LogP contribution in [-0.2, 0) is 4.74 Å². The van der Waals surface area contributed by atoms with E-state index < -0.39 is 11.7 Å². The van der Waals surface area contributed by atoms with Crippen LogP contribution in [0.5, 0.6) is 0 Å². The van der Waals surface area contributed by atoms with Gasteiger partial charge in [0, 0.05) is 33.4 Å². The van der Waals surface area contributed by atoms with Crippen LogP contribution >= 0.6 is 0 Å². The number of pyridine rings is 1. The Hall–Kier alpha value is -2.81. The maximum absolute atomic E-state index is 13.2. The summed E-state index contributed by atoms with van der Waals surface area (Å²) in [4.78, 5) is 28.7. The number of ether oxygens (including phenoxy) is 1. The van der Waals surface area contributed by atoms with E-state index >= 15 is 0 Å². The number of halogens is 1. The third kappa shape index (κ3) is 4.00. The minimum absolute atomic E-state index is 0.127. The molecule has 1 aliphatic heterocycles. The minimum Gasteiger partial charge on any atom is -0.378 e. The van der Waals surface area contributed by atoms with Crippen LogP contribution in [0.15, 0.2) is 24.7 Å². The standard InChI is InChI=1S/C16H19FN6O2/c1-22(2)14-13(20-15(24)11-7-12(17)9-18-8-11)10-19-16(21-14)23-3-5-25-6-4-23/h7-10H,3-6H2,1-2H3,(H,20,24). The fourth-order valence-electron chi connectivity index (χ4n) is 2.44. The Balaban J connectivity index is 1.84. The van der Waals surface area contributed by atoms with Crippen molar-refractivity contribution in [1.29, 1.82) is 0 Å². The van der Waals surface area contributed by atoms with E-state index in [0.717, 1.165) is 12.3 Å². The van der Waals surface area contributed by atoms with Gasteiger partial charge in [-0.05, 0) is 6.07 Å². The first-order chi connectivity index (χ1) is 12.0. The van der Waals surface area contributed by atoms with Gasteiger partial charge in [-0.2, -0.15) is 4.98 Å². The zero-order valence-electron chi connectivity index (χ0n) is 14.1. The van der Waals surface area contributed by atoms with E-state index in [-0.39, 0.29) is 5.56 Å². The summed E-state index contributed by atoms with van der Waals surface area (Å²) in [6, 6.07) is 1.13. The van der Waals surface area contributed by atoms with Crippen LogP contribution < -0.4 is 15.1 Å². The first kappa shape index (κ1) is 17.0. The van der Waals surface area contributed by atoms with Gasteiger partial charge in [-0.25, -0.2) is 9.37 Å². The number of morpholine rings is 1. The van der Waals surface area contributed by atoms with Crippen LogP contribution in [0.2, 0.25) is 0 Å². The predicted molar refractivity (Wildman–Crippen MR) is 91.5 cm³/mol. The van der Waals surface area contributed by atoms with Gasteiger partial charge in [0.2, 0.25) is 5.95 Å². The molecule has 3 heterocycles. The van der Waals surface area contributed by atoms with Gasteiger partial charge in [0.05, 0.1) is 31.2 Å². The average molecular weight is 346 g/mol. The van der Waals surface area contributed by atoms with Crippen molar-refractivity contribution in [3.8, 4) is 0 Å². The highest BCUT2D eigenvalue weighted by Crippen LogP contribution is 2.24. The Morgan fingerprint density at radius 3 is 2.72 bits per heavy atom. The molecule has 1 fully saturated rings. The number of amides is 1. The molecule has 0 bridgehead atoms. The number of hydrogen-bond acceptors (Lipinski definition) is 7. The first-order valence-corrected chi connectivity index (χ1v) is 7.83. The van der Waals surface area contributed by atoms with Gasteiger partial charge in [0.15, 0.2) is 5.82 Å². The molecule has 1 N–H and O–H groups in total. The zero-order valence-corrected chi connectivity index (χ0v) is 14.1. The first-order valence-electron chi connectivity index (χ1n) is 7.83. The van der Waals surface area contributed by atoms with Crippen molar-refractivity contribution in [3.63, 3.8) is 0 Å². The summed E-state index contributed by atoms with van der Waals surface area (Å²) in [6.07, 6.45) is 3.90. The van der Waals surface area contributed by atoms with Crippen molar-refractivity contribution in [3.05, 3.63) is 36.0 Å². The van der Waals surface area contributed by atoms with E-state index in [1.807, 2.05) is 19.0 Å². The summed E-state index contributed by atoms with van der Waals surface area (Å²) in [5, 5.41) is 2.71. The third-order valence-corrected chi connectivity index (χ3v) is 3.69. The zero-order chi connectivity index (χ0) is 17.8. The van der Waals surface area contributed by atoms with E-state index in [4.69, 9.17) is 4.74 Å². The van der Waals surface area contributed by atoms with Crippen molar-refractivity contribution >= 4 is 23.4 Å². The van der Waals surface area contributed by atoms with Gasteiger partial charge in [0.25, 0.3) is 5.91 Å². The highest BCUT2D eigenvalue weighted by atomic mass is 19.1. The number of nitrogens with one attached hydrogen (secondary N) is 1. The van der Waals surface area contributed by atoms with Crippen LogP contribution in [0.1, 0.15) is 10.4 Å². The monoisotopic (exact) mass is 346 g/mol. The van der Waals surface area contributed by atoms with E-state index in [1.165, 1.54) is 6.20 Å². The molecule has 0 saturated carbocycles. The Kier molecular flexibility index (Phi) is 5.03. The molecular formula is C16H19FN6O2. The van der Waals surface area contributed by atoms with E-state index in [9.17, 15) is 9.18 Å². The lowest BCUT2D eigenvalue weighted by Gasteiger charge is -2.28. The van der Waals surface area contributed by atoms with Crippen molar-refractivity contribution in [2.45, 2.75) is 0 Å². The number of hydrogen-bond donors (Lipinski definition) is 1. The van der Waals surface area contributed by atoms with Gasteiger partial charge >= 0.3 is 0 Å². The van der Waals surface area contributed by atoms with Crippen LogP contribution in [0.4, 0.5) is 21.8 Å². The average Bonchev–Trinajstić information content (AvgIpc) is 2.62. The van der Waals surface area contributed by atoms with Crippen LogP contribution in [0.25, 0.3) is 0 Å². The van der Waals surface area contributed by atoms with E-state index in [0.29, 0.717) is 43.8 Å². The maximum Gasteiger partial charge on any atom is 0.257 e. The molecule has 1 saturated heterocycles. The second-order valence-electron chi connectivity index (χ2n) is 5.75. The second kappa shape index (κ2) is 7.39.